The number of alkyl carbamates (subject to hydrolysis) is 1. The molecule has 0 spiro atoms. The Morgan fingerprint density at radius 3 is 2.69 bits per heavy atom. The van der Waals surface area contributed by atoms with Crippen LogP contribution in [0, 0.1) is 5.82 Å². The van der Waals surface area contributed by atoms with Crippen molar-refractivity contribution in [1.29, 1.82) is 0 Å². The molecule has 0 fully saturated rings. The minimum Gasteiger partial charge on any atom is -0.445 e. The van der Waals surface area contributed by atoms with E-state index in [1.807, 2.05) is 0 Å². The third-order valence-corrected chi connectivity index (χ3v) is 5.51. The highest BCUT2D eigenvalue weighted by Crippen LogP contribution is 2.29. The number of allylic oxidation sites excluding steroid dienone is 1. The normalized spacial score (nSPS) is 17.2. The molecule has 2 rings (SSSR count). The molecule has 142 valence electrons. The van der Waals surface area contributed by atoms with Crippen molar-refractivity contribution in [2.24, 2.45) is 0 Å². The maximum atomic E-state index is 14.2. The number of nitrogens with one attached hydrogen (secondary N) is 1. The van der Waals surface area contributed by atoms with E-state index in [2.05, 4.69) is 5.32 Å². The summed E-state index contributed by atoms with van der Waals surface area (Å²) >= 11 is 0. The lowest BCUT2D eigenvalue weighted by Gasteiger charge is -2.22. The fourth-order valence-corrected chi connectivity index (χ4v) is 4.15. The number of amides is 1. The number of halogens is 1. The summed E-state index contributed by atoms with van der Waals surface area (Å²) in [6.45, 7) is 1.12. The van der Waals surface area contributed by atoms with Gasteiger partial charge in [-0.2, -0.15) is 8.42 Å². The van der Waals surface area contributed by atoms with Gasteiger partial charge in [0.05, 0.1) is 0 Å². The van der Waals surface area contributed by atoms with Crippen LogP contribution in [-0.2, 0) is 26.3 Å². The summed E-state index contributed by atoms with van der Waals surface area (Å²) in [6.07, 6.45) is 2.38. The van der Waals surface area contributed by atoms with Gasteiger partial charge in [0.15, 0.2) is 17.3 Å². The van der Waals surface area contributed by atoms with Gasteiger partial charge in [0, 0.05) is 12.6 Å². The average Bonchev–Trinajstić information content (AvgIpc) is 2.61. The van der Waals surface area contributed by atoms with Crippen LogP contribution in [0.25, 0.3) is 0 Å². The highest BCUT2D eigenvalue weighted by atomic mass is 32.2. The van der Waals surface area contributed by atoms with E-state index in [1.165, 1.54) is 20.0 Å². The summed E-state index contributed by atoms with van der Waals surface area (Å²) in [7, 11) is -2.83. The van der Waals surface area contributed by atoms with E-state index in [9.17, 15) is 22.4 Å². The Morgan fingerprint density at radius 2 is 2.08 bits per heavy atom. The van der Waals surface area contributed by atoms with Crippen LogP contribution < -0.4 is 9.50 Å². The molecule has 1 amide bonds. The van der Waals surface area contributed by atoms with E-state index in [1.54, 1.807) is 6.08 Å². The number of hydrogen-bond donors (Lipinski definition) is 1. The first-order valence-corrected chi connectivity index (χ1v) is 9.49. The third-order valence-electron chi connectivity index (χ3n) is 3.91. The fourth-order valence-electron chi connectivity index (χ4n) is 2.62. The molecule has 1 N–H and O–H groups in total. The van der Waals surface area contributed by atoms with E-state index in [0.29, 0.717) is 18.4 Å². The van der Waals surface area contributed by atoms with Crippen LogP contribution >= 0.6 is 0 Å². The zero-order valence-electron chi connectivity index (χ0n) is 14.5. The van der Waals surface area contributed by atoms with Crippen molar-refractivity contribution < 1.29 is 31.3 Å². The summed E-state index contributed by atoms with van der Waals surface area (Å²) in [4.78, 5) is 22.7. The molecule has 1 atom stereocenters. The highest BCUT2D eigenvalue weighted by molar-refractivity contribution is 7.88. The van der Waals surface area contributed by atoms with Gasteiger partial charge < -0.3 is 14.2 Å². The van der Waals surface area contributed by atoms with Gasteiger partial charge in [-0.25, -0.2) is 9.18 Å². The second kappa shape index (κ2) is 8.31. The molecule has 7 nitrogen and oxygen atoms in total. The maximum Gasteiger partial charge on any atom is 0.407 e. The Balaban J connectivity index is 2.16. The predicted molar refractivity (Wildman–Crippen MR) is 91.6 cm³/mol. The molecule has 9 heteroatoms. The standard InChI is InChI=1S/C17H20FNO6S/c1-11(20)13-5-3-4-6-16(13)26(22,23)25-15-8-7-12(9-14(15)18)10-24-17(21)19-2/h5,7-9,16H,3-4,6,10H2,1-2H3,(H,19,21). The van der Waals surface area contributed by atoms with Crippen LogP contribution in [0.3, 0.4) is 0 Å². The van der Waals surface area contributed by atoms with Crippen molar-refractivity contribution in [2.45, 2.75) is 38.0 Å². The van der Waals surface area contributed by atoms with Gasteiger partial charge in [0.2, 0.25) is 0 Å². The van der Waals surface area contributed by atoms with Crippen LogP contribution in [0.15, 0.2) is 29.8 Å². The molecule has 1 aliphatic carbocycles. The van der Waals surface area contributed by atoms with Crippen LogP contribution in [0.2, 0.25) is 0 Å². The zero-order chi connectivity index (χ0) is 19.3. The molecule has 26 heavy (non-hydrogen) atoms. The van der Waals surface area contributed by atoms with E-state index in [-0.39, 0.29) is 24.4 Å². The van der Waals surface area contributed by atoms with Crippen molar-refractivity contribution in [3.8, 4) is 5.75 Å². The lowest BCUT2D eigenvalue weighted by atomic mass is 9.96. The first-order valence-electron chi connectivity index (χ1n) is 8.02. The summed E-state index contributed by atoms with van der Waals surface area (Å²) in [6, 6.07) is 3.56. The van der Waals surface area contributed by atoms with E-state index in [4.69, 9.17) is 8.92 Å². The van der Waals surface area contributed by atoms with Crippen molar-refractivity contribution in [1.82, 2.24) is 5.32 Å². The predicted octanol–water partition coefficient (Wildman–Crippen LogP) is 2.46. The Morgan fingerprint density at radius 1 is 1.35 bits per heavy atom. The van der Waals surface area contributed by atoms with Gasteiger partial charge in [-0.05, 0) is 43.9 Å². The van der Waals surface area contributed by atoms with Crippen molar-refractivity contribution in [3.05, 3.63) is 41.2 Å². The molecule has 1 unspecified atom stereocenters. The van der Waals surface area contributed by atoms with Crippen LogP contribution in [0.5, 0.6) is 5.75 Å². The monoisotopic (exact) mass is 385 g/mol. The number of hydrogen-bond acceptors (Lipinski definition) is 6. The molecule has 0 saturated carbocycles. The zero-order valence-corrected chi connectivity index (χ0v) is 15.3. The molecule has 1 aromatic rings. The number of ketones is 1. The summed E-state index contributed by atoms with van der Waals surface area (Å²) < 4.78 is 48.9. The van der Waals surface area contributed by atoms with E-state index < -0.39 is 33.0 Å². The molecule has 1 aliphatic rings. The fraction of sp³-hybridized carbons (Fsp3) is 0.412. The third kappa shape index (κ3) is 4.81. The summed E-state index contributed by atoms with van der Waals surface area (Å²) in [5.41, 5.74) is 0.505. The first kappa shape index (κ1) is 19.9. The molecule has 0 aliphatic heterocycles. The van der Waals surface area contributed by atoms with Gasteiger partial charge in [0.25, 0.3) is 0 Å². The van der Waals surface area contributed by atoms with Gasteiger partial charge in [-0.15, -0.1) is 0 Å². The van der Waals surface area contributed by atoms with Crippen molar-refractivity contribution >= 4 is 22.0 Å². The summed E-state index contributed by atoms with van der Waals surface area (Å²) in [5, 5.41) is 1.14. The van der Waals surface area contributed by atoms with Crippen LogP contribution in [0.4, 0.5) is 9.18 Å². The molecule has 0 saturated heterocycles. The van der Waals surface area contributed by atoms with Crippen molar-refractivity contribution in [3.63, 3.8) is 0 Å². The molecule has 0 heterocycles. The maximum absolute atomic E-state index is 14.2. The van der Waals surface area contributed by atoms with Gasteiger partial charge in [-0.3, -0.25) is 4.79 Å². The second-order valence-electron chi connectivity index (χ2n) is 5.80. The van der Waals surface area contributed by atoms with Crippen LogP contribution in [-0.4, -0.2) is 32.6 Å². The largest absolute Gasteiger partial charge is 0.445 e. The van der Waals surface area contributed by atoms with E-state index in [0.717, 1.165) is 12.1 Å². The number of ether oxygens (including phenoxy) is 1. The SMILES string of the molecule is CNC(=O)OCc1ccc(OS(=O)(=O)C2CCCC=C2C(C)=O)c(F)c1. The Bertz CT molecular complexity index is 834. The minimum absolute atomic E-state index is 0.173. The minimum atomic E-state index is -4.22. The number of carbonyl (C=O) groups is 2. The Kier molecular flexibility index (Phi) is 6.36. The molecule has 0 radical (unpaired) electrons. The number of Topliss-reactive ketones (excluding diaryl/α,β-unsaturated/α-hetero) is 1. The lowest BCUT2D eigenvalue weighted by Crippen LogP contribution is -2.32. The number of rotatable bonds is 6. The van der Waals surface area contributed by atoms with Gasteiger partial charge >= 0.3 is 16.2 Å². The Hall–Kier alpha value is -2.42. The second-order valence-corrected chi connectivity index (χ2v) is 7.52. The molecular weight excluding hydrogens is 365 g/mol. The summed E-state index contributed by atoms with van der Waals surface area (Å²) in [5.74, 6) is -1.72. The molecule has 1 aromatic carbocycles. The average molecular weight is 385 g/mol. The van der Waals surface area contributed by atoms with Crippen molar-refractivity contribution in [2.75, 3.05) is 7.05 Å². The molecular formula is C17H20FNO6S. The topological polar surface area (TPSA) is 98.8 Å². The van der Waals surface area contributed by atoms with Gasteiger partial charge in [-0.1, -0.05) is 12.1 Å². The molecule has 0 aromatic heterocycles. The highest BCUT2D eigenvalue weighted by Gasteiger charge is 2.35. The molecule has 0 bridgehead atoms. The first-order chi connectivity index (χ1) is 12.2. The quantitative estimate of drug-likeness (QED) is 0.756. The lowest BCUT2D eigenvalue weighted by molar-refractivity contribution is -0.113. The number of benzene rings is 1. The van der Waals surface area contributed by atoms with Gasteiger partial charge in [0.1, 0.15) is 11.9 Å². The number of carbonyl (C=O) groups excluding carboxylic acids is 2. The smallest absolute Gasteiger partial charge is 0.407 e. The Labute approximate surface area is 151 Å². The van der Waals surface area contributed by atoms with E-state index >= 15 is 0 Å². The van der Waals surface area contributed by atoms with Crippen LogP contribution in [0.1, 0.15) is 31.7 Å².